The van der Waals surface area contributed by atoms with E-state index < -0.39 is 40.7 Å². The summed E-state index contributed by atoms with van der Waals surface area (Å²) < 4.78 is 34.1. The minimum absolute atomic E-state index is 0.0398. The molecule has 7 nitrogen and oxygen atoms in total. The van der Waals surface area contributed by atoms with Gasteiger partial charge in [-0.2, -0.15) is 0 Å². The van der Waals surface area contributed by atoms with E-state index in [1.807, 2.05) is 13.8 Å². The van der Waals surface area contributed by atoms with Crippen molar-refractivity contribution in [1.29, 1.82) is 0 Å². The Hall–Kier alpha value is -3.07. The van der Waals surface area contributed by atoms with Crippen LogP contribution in [-0.4, -0.2) is 45.1 Å². The van der Waals surface area contributed by atoms with E-state index in [0.29, 0.717) is 6.61 Å². The standard InChI is InChI=1S/C23H24F2N2O5/c1-3-12(2)17-11-32-19-10-26-9-15(21(29)22(30)20(26)23(31)27(17)19)18(28)7-5-13-4-6-14(24)8-16(13)25/h4,6,8-9,12,17,19,30H,3,5,7,10-11H2,1-2H3/t12-,17+,19+/m0/s1. The molecule has 2 aliphatic heterocycles. The van der Waals surface area contributed by atoms with Gasteiger partial charge in [0.1, 0.15) is 11.6 Å². The Morgan fingerprint density at radius 3 is 2.75 bits per heavy atom. The van der Waals surface area contributed by atoms with Gasteiger partial charge in [0, 0.05) is 18.7 Å². The number of nitrogens with zero attached hydrogens (tertiary/aromatic N) is 2. The maximum absolute atomic E-state index is 13.8. The molecule has 1 saturated heterocycles. The Morgan fingerprint density at radius 2 is 2.06 bits per heavy atom. The highest BCUT2D eigenvalue weighted by Gasteiger charge is 2.45. The van der Waals surface area contributed by atoms with E-state index in [0.717, 1.165) is 18.6 Å². The van der Waals surface area contributed by atoms with E-state index >= 15 is 0 Å². The van der Waals surface area contributed by atoms with Crippen molar-refractivity contribution in [2.24, 2.45) is 5.92 Å². The van der Waals surface area contributed by atoms with Crippen LogP contribution in [0, 0.1) is 17.6 Å². The number of fused-ring (bicyclic) bond motifs is 2. The van der Waals surface area contributed by atoms with Crippen LogP contribution < -0.4 is 5.43 Å². The number of carbonyl (C=O) groups excluding carboxylic acids is 2. The second-order valence-electron chi connectivity index (χ2n) is 8.33. The first-order chi connectivity index (χ1) is 15.2. The van der Waals surface area contributed by atoms with E-state index in [1.54, 1.807) is 4.90 Å². The molecule has 32 heavy (non-hydrogen) atoms. The lowest BCUT2D eigenvalue weighted by Gasteiger charge is -2.36. The quantitative estimate of drug-likeness (QED) is 0.690. The molecule has 1 aromatic carbocycles. The smallest absolute Gasteiger partial charge is 0.276 e. The molecule has 1 amide bonds. The minimum atomic E-state index is -0.937. The highest BCUT2D eigenvalue weighted by molar-refractivity contribution is 6.00. The summed E-state index contributed by atoms with van der Waals surface area (Å²) in [5, 5.41) is 10.5. The molecule has 3 heterocycles. The molecule has 4 rings (SSSR count). The molecule has 0 radical (unpaired) electrons. The lowest BCUT2D eigenvalue weighted by molar-refractivity contribution is 0.00396. The Labute approximate surface area is 183 Å². The monoisotopic (exact) mass is 446 g/mol. The lowest BCUT2D eigenvalue weighted by Crippen LogP contribution is -2.51. The fourth-order valence-electron chi connectivity index (χ4n) is 4.33. The van der Waals surface area contributed by atoms with Crippen molar-refractivity contribution < 1.29 is 28.2 Å². The fourth-order valence-corrected chi connectivity index (χ4v) is 4.33. The van der Waals surface area contributed by atoms with Crippen molar-refractivity contribution in [2.45, 2.75) is 51.9 Å². The molecule has 1 N–H and O–H groups in total. The van der Waals surface area contributed by atoms with E-state index in [4.69, 9.17) is 4.74 Å². The minimum Gasteiger partial charge on any atom is -0.503 e. The number of pyridine rings is 1. The Kier molecular flexibility index (Phi) is 5.85. The van der Waals surface area contributed by atoms with E-state index in [9.17, 15) is 28.3 Å². The SMILES string of the molecule is CC[C@H](C)[C@H]1CO[C@@H]2Cn3cc(C(=O)CCc4ccc(F)cc4F)c(=O)c(O)c3C(=O)N12. The van der Waals surface area contributed by atoms with Gasteiger partial charge >= 0.3 is 0 Å². The number of aryl methyl sites for hydroxylation is 1. The van der Waals surface area contributed by atoms with Crippen molar-refractivity contribution in [3.63, 3.8) is 0 Å². The molecule has 2 aromatic rings. The molecule has 1 aromatic heterocycles. The van der Waals surface area contributed by atoms with Crippen LogP contribution in [0.3, 0.4) is 0 Å². The normalized spacial score (nSPS) is 20.8. The maximum atomic E-state index is 13.8. The third-order valence-corrected chi connectivity index (χ3v) is 6.41. The van der Waals surface area contributed by atoms with Crippen LogP contribution in [0.1, 0.15) is 53.1 Å². The highest BCUT2D eigenvalue weighted by Crippen LogP contribution is 2.33. The predicted octanol–water partition coefficient (Wildman–Crippen LogP) is 2.87. The first-order valence-corrected chi connectivity index (χ1v) is 10.6. The second kappa shape index (κ2) is 8.46. The molecule has 3 atom stereocenters. The summed E-state index contributed by atoms with van der Waals surface area (Å²) in [6, 6.07) is 2.90. The van der Waals surface area contributed by atoms with Crippen LogP contribution in [0.4, 0.5) is 8.78 Å². The number of ketones is 1. The number of halogens is 2. The Morgan fingerprint density at radius 1 is 1.31 bits per heavy atom. The van der Waals surface area contributed by atoms with Gasteiger partial charge in [-0.1, -0.05) is 26.3 Å². The van der Waals surface area contributed by atoms with Gasteiger partial charge in [0.05, 0.1) is 24.8 Å². The summed E-state index contributed by atoms with van der Waals surface area (Å²) >= 11 is 0. The van der Waals surface area contributed by atoms with Crippen molar-refractivity contribution in [3.8, 4) is 5.75 Å². The highest BCUT2D eigenvalue weighted by atomic mass is 19.1. The number of ether oxygens (including phenoxy) is 1. The van der Waals surface area contributed by atoms with Crippen molar-refractivity contribution in [2.75, 3.05) is 6.61 Å². The topological polar surface area (TPSA) is 88.8 Å². The third kappa shape index (κ3) is 3.70. The first-order valence-electron chi connectivity index (χ1n) is 10.6. The number of rotatable bonds is 6. The number of amides is 1. The molecular weight excluding hydrogens is 422 g/mol. The molecular formula is C23H24F2N2O5. The van der Waals surface area contributed by atoms with Crippen LogP contribution in [0.2, 0.25) is 0 Å². The molecule has 0 spiro atoms. The molecule has 0 bridgehead atoms. The molecule has 170 valence electrons. The molecule has 1 fully saturated rings. The number of hydrogen-bond donors (Lipinski definition) is 1. The van der Waals surface area contributed by atoms with Gasteiger partial charge < -0.3 is 19.3 Å². The van der Waals surface area contributed by atoms with Gasteiger partial charge in [-0.3, -0.25) is 14.4 Å². The first kappa shape index (κ1) is 22.1. The van der Waals surface area contributed by atoms with Gasteiger partial charge in [0.2, 0.25) is 5.43 Å². The van der Waals surface area contributed by atoms with Crippen LogP contribution in [0.25, 0.3) is 0 Å². The number of aromatic nitrogens is 1. The average Bonchev–Trinajstić information content (AvgIpc) is 3.19. The fraction of sp³-hybridized carbons (Fsp3) is 0.435. The van der Waals surface area contributed by atoms with Crippen LogP contribution in [-0.2, 0) is 17.7 Å². The van der Waals surface area contributed by atoms with Crippen molar-refractivity contribution >= 4 is 11.7 Å². The van der Waals surface area contributed by atoms with Gasteiger partial charge in [-0.05, 0) is 24.0 Å². The zero-order chi connectivity index (χ0) is 23.2. The van der Waals surface area contributed by atoms with Crippen molar-refractivity contribution in [1.82, 2.24) is 9.47 Å². The summed E-state index contributed by atoms with van der Waals surface area (Å²) in [5.74, 6) is -3.21. The number of hydrogen-bond acceptors (Lipinski definition) is 5. The number of carbonyl (C=O) groups is 2. The zero-order valence-corrected chi connectivity index (χ0v) is 17.8. The van der Waals surface area contributed by atoms with E-state index in [1.165, 1.54) is 16.8 Å². The molecule has 0 unspecified atom stereocenters. The van der Waals surface area contributed by atoms with Crippen LogP contribution >= 0.6 is 0 Å². The molecule has 0 aliphatic carbocycles. The molecule has 2 aliphatic rings. The largest absolute Gasteiger partial charge is 0.503 e. The predicted molar refractivity (Wildman–Crippen MR) is 111 cm³/mol. The van der Waals surface area contributed by atoms with Crippen molar-refractivity contribution in [3.05, 3.63) is 63.1 Å². The van der Waals surface area contributed by atoms with Gasteiger partial charge in [-0.15, -0.1) is 0 Å². The third-order valence-electron chi connectivity index (χ3n) is 6.41. The second-order valence-corrected chi connectivity index (χ2v) is 8.33. The molecule has 9 heteroatoms. The van der Waals surface area contributed by atoms with Gasteiger partial charge in [0.15, 0.2) is 23.5 Å². The average molecular weight is 446 g/mol. The Balaban J connectivity index is 1.61. The van der Waals surface area contributed by atoms with Gasteiger partial charge in [0.25, 0.3) is 5.91 Å². The summed E-state index contributed by atoms with van der Waals surface area (Å²) in [4.78, 5) is 40.1. The summed E-state index contributed by atoms with van der Waals surface area (Å²) in [6.07, 6.45) is 1.29. The van der Waals surface area contributed by atoms with Crippen LogP contribution in [0.5, 0.6) is 5.75 Å². The van der Waals surface area contributed by atoms with Crippen LogP contribution in [0.15, 0.2) is 29.2 Å². The zero-order valence-electron chi connectivity index (χ0n) is 17.8. The van der Waals surface area contributed by atoms with Gasteiger partial charge in [-0.25, -0.2) is 8.78 Å². The van der Waals surface area contributed by atoms with E-state index in [2.05, 4.69) is 0 Å². The summed E-state index contributed by atoms with van der Waals surface area (Å²) in [7, 11) is 0. The lowest BCUT2D eigenvalue weighted by atomic mass is 9.97. The summed E-state index contributed by atoms with van der Waals surface area (Å²) in [6.45, 7) is 4.56. The Bertz CT molecular complexity index is 1150. The molecule has 0 saturated carbocycles. The summed E-state index contributed by atoms with van der Waals surface area (Å²) in [5.41, 5.74) is -1.24. The van der Waals surface area contributed by atoms with E-state index in [-0.39, 0.29) is 48.2 Å². The number of Topliss-reactive ketones (excluding diaryl/α,β-unsaturated/α-hetero) is 1. The number of benzene rings is 1. The maximum Gasteiger partial charge on any atom is 0.276 e. The number of aromatic hydroxyl groups is 1.